The normalized spacial score (nSPS) is 16.0. The van der Waals surface area contributed by atoms with Crippen LogP contribution in [0.2, 0.25) is 0 Å². The van der Waals surface area contributed by atoms with E-state index in [2.05, 4.69) is 5.10 Å². The lowest BCUT2D eigenvalue weighted by molar-refractivity contribution is -0.384. The van der Waals surface area contributed by atoms with Gasteiger partial charge in [0.25, 0.3) is 5.69 Å². The molecule has 140 valence electrons. The Morgan fingerprint density at radius 2 is 1.77 bits per heavy atom. The molecule has 0 bridgehead atoms. The molecule has 0 atom stereocenters. The van der Waals surface area contributed by atoms with Crippen molar-refractivity contribution in [3.05, 3.63) is 45.8 Å². The fourth-order valence-electron chi connectivity index (χ4n) is 3.18. The van der Waals surface area contributed by atoms with Crippen molar-refractivity contribution in [2.45, 2.75) is 13.8 Å². The Morgan fingerprint density at radius 1 is 1.12 bits per heavy atom. The van der Waals surface area contributed by atoms with Gasteiger partial charge in [0.15, 0.2) is 0 Å². The Morgan fingerprint density at radius 3 is 2.27 bits per heavy atom. The molecule has 0 N–H and O–H groups in total. The Labute approximate surface area is 152 Å². The fourth-order valence-corrected chi connectivity index (χ4v) is 4.01. The summed E-state index contributed by atoms with van der Waals surface area (Å²) in [7, 11) is -3.20. The molecule has 1 aliphatic rings. The van der Waals surface area contributed by atoms with Crippen LogP contribution in [0.1, 0.15) is 11.4 Å². The molecule has 9 nitrogen and oxygen atoms in total. The highest BCUT2D eigenvalue weighted by Gasteiger charge is 2.25. The van der Waals surface area contributed by atoms with E-state index in [4.69, 9.17) is 0 Å². The Kier molecular flexibility index (Phi) is 4.72. The first-order valence-corrected chi connectivity index (χ1v) is 10.0. The van der Waals surface area contributed by atoms with Gasteiger partial charge in [0.05, 0.1) is 16.9 Å². The molecule has 0 spiro atoms. The molecule has 0 aliphatic carbocycles. The molecule has 3 rings (SSSR count). The molecular formula is C16H21N5O4S. The Bertz CT molecular complexity index is 946. The van der Waals surface area contributed by atoms with Gasteiger partial charge in [-0.2, -0.15) is 9.40 Å². The third kappa shape index (κ3) is 3.56. The molecule has 1 fully saturated rings. The van der Waals surface area contributed by atoms with Crippen LogP contribution in [-0.2, 0) is 10.0 Å². The molecule has 1 aromatic carbocycles. The number of nitro benzene ring substituents is 1. The van der Waals surface area contributed by atoms with Crippen molar-refractivity contribution < 1.29 is 13.3 Å². The SMILES string of the molecule is Cc1cc(C)n(-c2cc(N3CCN(S(C)(=O)=O)CC3)ccc2[N+](=O)[O-])n1. The second-order valence-electron chi connectivity index (χ2n) is 6.42. The maximum absolute atomic E-state index is 11.6. The second kappa shape index (κ2) is 6.69. The molecule has 10 heteroatoms. The first kappa shape index (κ1) is 18.3. The molecule has 0 amide bonds. The first-order chi connectivity index (χ1) is 12.2. The van der Waals surface area contributed by atoms with E-state index in [9.17, 15) is 18.5 Å². The summed E-state index contributed by atoms with van der Waals surface area (Å²) in [5.41, 5.74) is 2.79. The van der Waals surface area contributed by atoms with Gasteiger partial charge < -0.3 is 4.90 Å². The predicted octanol–water partition coefficient (Wildman–Crippen LogP) is 1.48. The van der Waals surface area contributed by atoms with Gasteiger partial charge in [0.2, 0.25) is 10.0 Å². The van der Waals surface area contributed by atoms with Crippen LogP contribution in [-0.4, -0.2) is 59.9 Å². The maximum Gasteiger partial charge on any atom is 0.295 e. The number of anilines is 1. The Hall–Kier alpha value is -2.46. The number of aromatic nitrogens is 2. The van der Waals surface area contributed by atoms with Gasteiger partial charge >= 0.3 is 0 Å². The first-order valence-electron chi connectivity index (χ1n) is 8.19. The van der Waals surface area contributed by atoms with E-state index in [1.54, 1.807) is 16.8 Å². The summed E-state index contributed by atoms with van der Waals surface area (Å²) in [6.07, 6.45) is 1.20. The summed E-state index contributed by atoms with van der Waals surface area (Å²) in [6.45, 7) is 5.53. The summed E-state index contributed by atoms with van der Waals surface area (Å²) in [5, 5.41) is 15.8. The lowest BCUT2D eigenvalue weighted by atomic mass is 10.2. The van der Waals surface area contributed by atoms with E-state index in [0.29, 0.717) is 31.9 Å². The van der Waals surface area contributed by atoms with Gasteiger partial charge in [-0.3, -0.25) is 10.1 Å². The van der Waals surface area contributed by atoms with E-state index in [0.717, 1.165) is 17.1 Å². The number of aryl methyl sites for hydroxylation is 2. The minimum atomic E-state index is -3.20. The quantitative estimate of drug-likeness (QED) is 0.589. The highest BCUT2D eigenvalue weighted by atomic mass is 32.2. The summed E-state index contributed by atoms with van der Waals surface area (Å²) in [5.74, 6) is 0. The van der Waals surface area contributed by atoms with Gasteiger partial charge in [-0.1, -0.05) is 0 Å². The second-order valence-corrected chi connectivity index (χ2v) is 8.40. The van der Waals surface area contributed by atoms with E-state index in [1.807, 2.05) is 24.8 Å². The van der Waals surface area contributed by atoms with Crippen LogP contribution in [0.25, 0.3) is 5.69 Å². The summed E-state index contributed by atoms with van der Waals surface area (Å²) in [4.78, 5) is 13.0. The third-order valence-electron chi connectivity index (χ3n) is 4.47. The van der Waals surface area contributed by atoms with E-state index in [1.165, 1.54) is 16.6 Å². The van der Waals surface area contributed by atoms with Gasteiger partial charge in [0, 0.05) is 43.6 Å². The van der Waals surface area contributed by atoms with Crippen molar-refractivity contribution in [2.75, 3.05) is 37.3 Å². The highest BCUT2D eigenvalue weighted by Crippen LogP contribution is 2.29. The zero-order valence-electron chi connectivity index (χ0n) is 14.9. The molecule has 2 aromatic rings. The molecule has 1 saturated heterocycles. The number of nitro groups is 1. The van der Waals surface area contributed by atoms with Crippen LogP contribution in [0.5, 0.6) is 0 Å². The Balaban J connectivity index is 1.94. The van der Waals surface area contributed by atoms with Crippen molar-refractivity contribution in [1.82, 2.24) is 14.1 Å². The van der Waals surface area contributed by atoms with Crippen LogP contribution in [0.4, 0.5) is 11.4 Å². The monoisotopic (exact) mass is 379 g/mol. The molecule has 1 aromatic heterocycles. The number of hydrogen-bond donors (Lipinski definition) is 0. The number of piperazine rings is 1. The van der Waals surface area contributed by atoms with Crippen molar-refractivity contribution in [3.63, 3.8) is 0 Å². The standard InChI is InChI=1S/C16H21N5O4S/c1-12-10-13(2)20(17-12)16-11-14(4-5-15(16)21(22)23)18-6-8-19(9-7-18)26(3,24)25/h4-5,10-11H,6-9H2,1-3H3. The van der Waals surface area contributed by atoms with E-state index < -0.39 is 14.9 Å². The lowest BCUT2D eigenvalue weighted by Gasteiger charge is -2.34. The van der Waals surface area contributed by atoms with E-state index >= 15 is 0 Å². The van der Waals surface area contributed by atoms with Crippen molar-refractivity contribution in [1.29, 1.82) is 0 Å². The number of rotatable bonds is 4. The molecule has 0 radical (unpaired) electrons. The van der Waals surface area contributed by atoms with Crippen LogP contribution in [0.3, 0.4) is 0 Å². The topological polar surface area (TPSA) is 102 Å². The van der Waals surface area contributed by atoms with Gasteiger partial charge in [-0.05, 0) is 32.0 Å². The lowest BCUT2D eigenvalue weighted by Crippen LogP contribution is -2.48. The maximum atomic E-state index is 11.6. The van der Waals surface area contributed by atoms with E-state index in [-0.39, 0.29) is 5.69 Å². The largest absolute Gasteiger partial charge is 0.369 e. The number of sulfonamides is 1. The fraction of sp³-hybridized carbons (Fsp3) is 0.438. The van der Waals surface area contributed by atoms with Crippen LogP contribution >= 0.6 is 0 Å². The number of benzene rings is 1. The van der Waals surface area contributed by atoms with Gasteiger partial charge in [-0.25, -0.2) is 13.1 Å². The molecule has 0 saturated carbocycles. The molecule has 0 unspecified atom stereocenters. The average molecular weight is 379 g/mol. The number of hydrogen-bond acceptors (Lipinski definition) is 6. The zero-order valence-corrected chi connectivity index (χ0v) is 15.7. The predicted molar refractivity (Wildman–Crippen MR) is 98.3 cm³/mol. The zero-order chi connectivity index (χ0) is 19.1. The smallest absolute Gasteiger partial charge is 0.295 e. The highest BCUT2D eigenvalue weighted by molar-refractivity contribution is 7.88. The van der Waals surface area contributed by atoms with Crippen LogP contribution in [0.15, 0.2) is 24.3 Å². The van der Waals surface area contributed by atoms with Gasteiger partial charge in [-0.15, -0.1) is 0 Å². The van der Waals surface area contributed by atoms with Crippen molar-refractivity contribution in [3.8, 4) is 5.69 Å². The van der Waals surface area contributed by atoms with Crippen molar-refractivity contribution >= 4 is 21.4 Å². The molecule has 1 aliphatic heterocycles. The van der Waals surface area contributed by atoms with Crippen LogP contribution < -0.4 is 4.90 Å². The third-order valence-corrected chi connectivity index (χ3v) is 5.77. The molecular weight excluding hydrogens is 358 g/mol. The number of nitrogens with zero attached hydrogens (tertiary/aromatic N) is 5. The summed E-state index contributed by atoms with van der Waals surface area (Å²) in [6, 6.07) is 6.78. The summed E-state index contributed by atoms with van der Waals surface area (Å²) >= 11 is 0. The molecule has 26 heavy (non-hydrogen) atoms. The minimum Gasteiger partial charge on any atom is -0.369 e. The summed E-state index contributed by atoms with van der Waals surface area (Å²) < 4.78 is 26.3. The van der Waals surface area contributed by atoms with Crippen LogP contribution in [0, 0.1) is 24.0 Å². The van der Waals surface area contributed by atoms with Gasteiger partial charge in [0.1, 0.15) is 5.69 Å². The van der Waals surface area contributed by atoms with Crippen molar-refractivity contribution in [2.24, 2.45) is 0 Å². The minimum absolute atomic E-state index is 0.0188. The average Bonchev–Trinajstić information content (AvgIpc) is 2.92. The molecule has 2 heterocycles.